The van der Waals surface area contributed by atoms with Gasteiger partial charge in [0.1, 0.15) is 6.04 Å². The maximum atomic E-state index is 12.0. The van der Waals surface area contributed by atoms with E-state index in [-0.39, 0.29) is 12.5 Å². The predicted octanol–water partition coefficient (Wildman–Crippen LogP) is 2.02. The van der Waals surface area contributed by atoms with Crippen LogP contribution in [0.25, 0.3) is 10.9 Å². The molecule has 2 aromatic rings. The van der Waals surface area contributed by atoms with Gasteiger partial charge in [-0.3, -0.25) is 4.79 Å². The largest absolute Gasteiger partial charge is 0.394 e. The number of H-pyrrole nitrogens is 1. The Morgan fingerprint density at radius 3 is 2.79 bits per heavy atom. The molecule has 0 unspecified atom stereocenters. The Morgan fingerprint density at radius 1 is 1.25 bits per heavy atom. The molecular formula is C19H27N3O2. The molecule has 0 radical (unpaired) electrons. The van der Waals surface area contributed by atoms with Crippen molar-refractivity contribution >= 4 is 16.8 Å². The van der Waals surface area contributed by atoms with Crippen LogP contribution in [0.2, 0.25) is 0 Å². The van der Waals surface area contributed by atoms with Gasteiger partial charge >= 0.3 is 0 Å². The van der Waals surface area contributed by atoms with Crippen molar-refractivity contribution in [3.8, 4) is 0 Å². The highest BCUT2D eigenvalue weighted by molar-refractivity contribution is 5.86. The van der Waals surface area contributed by atoms with Gasteiger partial charge in [-0.25, -0.2) is 0 Å². The van der Waals surface area contributed by atoms with Gasteiger partial charge in [-0.15, -0.1) is 0 Å². The summed E-state index contributed by atoms with van der Waals surface area (Å²) in [7, 11) is 1.67. The fourth-order valence-corrected chi connectivity index (χ4v) is 3.53. The van der Waals surface area contributed by atoms with Crippen molar-refractivity contribution in [1.29, 1.82) is 0 Å². The Hall–Kier alpha value is -1.85. The van der Waals surface area contributed by atoms with E-state index in [9.17, 15) is 4.79 Å². The highest BCUT2D eigenvalue weighted by atomic mass is 16.3. The van der Waals surface area contributed by atoms with Crippen LogP contribution in [0.5, 0.6) is 0 Å². The summed E-state index contributed by atoms with van der Waals surface area (Å²) in [5, 5.41) is 16.1. The Balaban J connectivity index is 1.78. The van der Waals surface area contributed by atoms with Crippen LogP contribution in [0.1, 0.15) is 42.5 Å². The third-order valence-corrected chi connectivity index (χ3v) is 4.98. The number of carbonyl (C=O) groups is 1. The minimum Gasteiger partial charge on any atom is -0.394 e. The molecule has 1 amide bonds. The first-order chi connectivity index (χ1) is 11.7. The summed E-state index contributed by atoms with van der Waals surface area (Å²) in [4.78, 5) is 15.6. The van der Waals surface area contributed by atoms with Gasteiger partial charge in [0.05, 0.1) is 6.61 Å². The number of aryl methyl sites for hydroxylation is 2. The number of aromatic nitrogens is 1. The Bertz CT molecular complexity index is 704. The lowest BCUT2D eigenvalue weighted by Crippen LogP contribution is -2.44. The summed E-state index contributed by atoms with van der Waals surface area (Å²) in [6, 6.07) is 5.81. The number of likely N-dealkylation sites (N-methyl/N-ethyl adjacent to an activating group) is 1. The molecule has 0 spiro atoms. The third kappa shape index (κ3) is 3.62. The molecule has 130 valence electrons. The summed E-state index contributed by atoms with van der Waals surface area (Å²) in [6.45, 7) is 0.277. The summed E-state index contributed by atoms with van der Waals surface area (Å²) in [5.74, 6) is -0.176. The van der Waals surface area contributed by atoms with E-state index in [1.54, 1.807) is 7.05 Å². The van der Waals surface area contributed by atoms with E-state index < -0.39 is 6.04 Å². The molecule has 0 bridgehead atoms. The van der Waals surface area contributed by atoms with Crippen molar-refractivity contribution in [3.05, 3.63) is 35.0 Å². The van der Waals surface area contributed by atoms with Gasteiger partial charge in [-0.05, 0) is 56.0 Å². The zero-order valence-corrected chi connectivity index (χ0v) is 14.3. The SMILES string of the molecule is CN[C@@H](CO)C(=O)NCc1ccc2[nH]c3c(c2c1)CCCCCC3. The van der Waals surface area contributed by atoms with Gasteiger partial charge < -0.3 is 20.7 Å². The number of nitrogens with one attached hydrogen (secondary N) is 3. The van der Waals surface area contributed by atoms with Crippen LogP contribution in [0, 0.1) is 0 Å². The molecule has 1 heterocycles. The van der Waals surface area contributed by atoms with E-state index in [2.05, 4.69) is 33.8 Å². The van der Waals surface area contributed by atoms with E-state index in [1.165, 1.54) is 47.8 Å². The smallest absolute Gasteiger partial charge is 0.239 e. The zero-order chi connectivity index (χ0) is 16.9. The number of hydrogen-bond acceptors (Lipinski definition) is 3. The molecule has 1 aromatic carbocycles. The van der Waals surface area contributed by atoms with Gasteiger partial charge in [-0.1, -0.05) is 18.9 Å². The van der Waals surface area contributed by atoms with Crippen LogP contribution in [0.15, 0.2) is 18.2 Å². The first kappa shape index (κ1) is 17.0. The average Bonchev–Trinajstić information content (AvgIpc) is 2.90. The van der Waals surface area contributed by atoms with Crippen molar-refractivity contribution in [1.82, 2.24) is 15.6 Å². The molecule has 1 aromatic heterocycles. The molecule has 5 nitrogen and oxygen atoms in total. The van der Waals surface area contributed by atoms with E-state index in [0.717, 1.165) is 18.4 Å². The van der Waals surface area contributed by atoms with E-state index >= 15 is 0 Å². The number of aliphatic hydroxyl groups excluding tert-OH is 1. The first-order valence-corrected chi connectivity index (χ1v) is 8.91. The van der Waals surface area contributed by atoms with Crippen LogP contribution >= 0.6 is 0 Å². The van der Waals surface area contributed by atoms with Crippen LogP contribution in [-0.4, -0.2) is 35.7 Å². The predicted molar refractivity (Wildman–Crippen MR) is 96.0 cm³/mol. The van der Waals surface area contributed by atoms with E-state index in [1.807, 2.05) is 0 Å². The maximum Gasteiger partial charge on any atom is 0.239 e. The minimum absolute atomic E-state index is 0.176. The Morgan fingerprint density at radius 2 is 2.04 bits per heavy atom. The number of hydrogen-bond donors (Lipinski definition) is 4. The molecule has 4 N–H and O–H groups in total. The molecule has 1 aliphatic carbocycles. The molecule has 0 saturated carbocycles. The molecule has 0 fully saturated rings. The fourth-order valence-electron chi connectivity index (χ4n) is 3.53. The standard InChI is InChI=1S/C19H27N3O2/c1-20-18(12-23)19(24)21-11-13-8-9-17-15(10-13)14-6-4-2-3-5-7-16(14)22-17/h8-10,18,20,22-23H,2-7,11-12H2,1H3,(H,21,24)/t18-/m0/s1. The van der Waals surface area contributed by atoms with Crippen LogP contribution in [-0.2, 0) is 24.2 Å². The van der Waals surface area contributed by atoms with Crippen molar-refractivity contribution in [3.63, 3.8) is 0 Å². The van der Waals surface area contributed by atoms with Crippen molar-refractivity contribution in [2.24, 2.45) is 0 Å². The van der Waals surface area contributed by atoms with Crippen molar-refractivity contribution in [2.75, 3.05) is 13.7 Å². The monoisotopic (exact) mass is 329 g/mol. The number of rotatable bonds is 5. The highest BCUT2D eigenvalue weighted by Gasteiger charge is 2.16. The number of amides is 1. The Labute approximate surface area is 142 Å². The minimum atomic E-state index is -0.555. The van der Waals surface area contributed by atoms with Gasteiger partial charge in [0.15, 0.2) is 0 Å². The second-order valence-corrected chi connectivity index (χ2v) is 6.62. The van der Waals surface area contributed by atoms with Crippen LogP contribution < -0.4 is 10.6 Å². The summed E-state index contributed by atoms with van der Waals surface area (Å²) >= 11 is 0. The molecule has 0 aliphatic heterocycles. The average molecular weight is 329 g/mol. The summed E-state index contributed by atoms with van der Waals surface area (Å²) < 4.78 is 0. The fraction of sp³-hybridized carbons (Fsp3) is 0.526. The second-order valence-electron chi connectivity index (χ2n) is 6.62. The molecule has 24 heavy (non-hydrogen) atoms. The highest BCUT2D eigenvalue weighted by Crippen LogP contribution is 2.28. The molecule has 1 aliphatic rings. The number of fused-ring (bicyclic) bond motifs is 3. The Kier molecular flexibility index (Phi) is 5.53. The normalized spacial score (nSPS) is 16.2. The first-order valence-electron chi connectivity index (χ1n) is 8.91. The maximum absolute atomic E-state index is 12.0. The van der Waals surface area contributed by atoms with Gasteiger partial charge in [0, 0.05) is 23.1 Å². The topological polar surface area (TPSA) is 77.2 Å². The molecule has 0 saturated heterocycles. The lowest BCUT2D eigenvalue weighted by atomic mass is 9.96. The molecule has 3 rings (SSSR count). The number of aliphatic hydroxyl groups is 1. The quantitative estimate of drug-likeness (QED) is 0.678. The second kappa shape index (κ2) is 7.81. The third-order valence-electron chi connectivity index (χ3n) is 4.98. The summed E-state index contributed by atoms with van der Waals surface area (Å²) in [6.07, 6.45) is 7.42. The van der Waals surface area contributed by atoms with Gasteiger partial charge in [0.2, 0.25) is 5.91 Å². The van der Waals surface area contributed by atoms with E-state index in [0.29, 0.717) is 6.54 Å². The molecular weight excluding hydrogens is 302 g/mol. The van der Waals surface area contributed by atoms with Gasteiger partial charge in [0.25, 0.3) is 0 Å². The van der Waals surface area contributed by atoms with E-state index in [4.69, 9.17) is 5.11 Å². The number of aromatic amines is 1. The molecule has 5 heteroatoms. The lowest BCUT2D eigenvalue weighted by Gasteiger charge is -2.13. The number of benzene rings is 1. The van der Waals surface area contributed by atoms with Crippen LogP contribution in [0.3, 0.4) is 0 Å². The summed E-state index contributed by atoms with van der Waals surface area (Å²) in [5.41, 5.74) is 5.13. The zero-order valence-electron chi connectivity index (χ0n) is 14.3. The van der Waals surface area contributed by atoms with Crippen molar-refractivity contribution < 1.29 is 9.90 Å². The lowest BCUT2D eigenvalue weighted by molar-refractivity contribution is -0.124. The van der Waals surface area contributed by atoms with Gasteiger partial charge in [-0.2, -0.15) is 0 Å². The number of carbonyl (C=O) groups excluding carboxylic acids is 1. The molecule has 1 atom stereocenters. The van der Waals surface area contributed by atoms with Crippen molar-refractivity contribution in [2.45, 2.75) is 51.1 Å². The van der Waals surface area contributed by atoms with Crippen LogP contribution in [0.4, 0.5) is 0 Å².